The maximum atomic E-state index is 11.3. The van der Waals surface area contributed by atoms with Crippen LogP contribution in [0.25, 0.3) is 0 Å². The molecule has 1 fully saturated rings. The summed E-state index contributed by atoms with van der Waals surface area (Å²) in [5, 5.41) is 0.148. The molecule has 0 spiro atoms. The first-order valence-corrected chi connectivity index (χ1v) is 6.84. The van der Waals surface area contributed by atoms with E-state index in [0.29, 0.717) is 10.2 Å². The van der Waals surface area contributed by atoms with Crippen molar-refractivity contribution in [2.45, 2.75) is 11.5 Å². The van der Waals surface area contributed by atoms with Crippen LogP contribution in [0.4, 0.5) is 0 Å². The third-order valence-electron chi connectivity index (χ3n) is 1.37. The maximum Gasteiger partial charge on any atom is 0.215 e. The van der Waals surface area contributed by atoms with Gasteiger partial charge in [0.05, 0.1) is 4.58 Å². The van der Waals surface area contributed by atoms with E-state index in [2.05, 4.69) is 6.58 Å². The summed E-state index contributed by atoms with van der Waals surface area (Å²) in [7, 11) is 0. The lowest BCUT2D eigenvalue weighted by molar-refractivity contribution is -0.107. The fourth-order valence-electron chi connectivity index (χ4n) is 0.754. The van der Waals surface area contributed by atoms with Crippen molar-refractivity contribution in [1.29, 1.82) is 0 Å². The Morgan fingerprint density at radius 1 is 1.58 bits per heavy atom. The van der Waals surface area contributed by atoms with Gasteiger partial charge in [-0.3, -0.25) is 4.79 Å². The fraction of sp³-hybridized carbons (Fsp3) is 0.625. The molecule has 1 aliphatic rings. The first kappa shape index (κ1) is 10.5. The van der Waals surface area contributed by atoms with Crippen molar-refractivity contribution in [3.05, 3.63) is 12.2 Å². The van der Waals surface area contributed by atoms with Crippen molar-refractivity contribution in [2.24, 2.45) is 0 Å². The number of hydrogen-bond donors (Lipinski definition) is 0. The lowest BCUT2D eigenvalue weighted by Gasteiger charge is -2.19. The molecule has 0 aromatic rings. The van der Waals surface area contributed by atoms with Crippen molar-refractivity contribution >= 4 is 40.4 Å². The molecule has 1 heterocycles. The first-order valence-electron chi connectivity index (χ1n) is 3.76. The lowest BCUT2D eigenvalue weighted by Crippen LogP contribution is -2.12. The topological polar surface area (TPSA) is 17.1 Å². The highest BCUT2D eigenvalue weighted by Gasteiger charge is 2.18. The molecule has 0 amide bonds. The third kappa shape index (κ3) is 3.46. The molecule has 68 valence electrons. The van der Waals surface area contributed by atoms with Gasteiger partial charge in [-0.1, -0.05) is 18.3 Å². The highest BCUT2D eigenvalue weighted by Crippen LogP contribution is 2.33. The molecule has 0 aromatic heterocycles. The molecule has 1 rings (SSSR count). The first-order chi connectivity index (χ1) is 5.70. The van der Waals surface area contributed by atoms with Gasteiger partial charge in [-0.15, -0.1) is 11.8 Å². The van der Waals surface area contributed by atoms with Gasteiger partial charge >= 0.3 is 0 Å². The predicted octanol–water partition coefficient (Wildman–Crippen LogP) is 2.63. The second kappa shape index (κ2) is 5.25. The SMILES string of the molecule is C=C(C)C(=O)SC1CSCCS1. The van der Waals surface area contributed by atoms with Gasteiger partial charge in [0, 0.05) is 17.3 Å². The minimum atomic E-state index is 0.148. The molecule has 1 nitrogen and oxygen atoms in total. The van der Waals surface area contributed by atoms with Gasteiger partial charge in [0.1, 0.15) is 0 Å². The van der Waals surface area contributed by atoms with E-state index in [0.717, 1.165) is 5.75 Å². The molecular formula is C8H12OS3. The molecule has 1 aliphatic heterocycles. The number of rotatable bonds is 2. The molecule has 0 aliphatic carbocycles. The summed E-state index contributed by atoms with van der Waals surface area (Å²) >= 11 is 5.25. The van der Waals surface area contributed by atoms with Crippen LogP contribution in [0.2, 0.25) is 0 Å². The molecular weight excluding hydrogens is 208 g/mol. The second-order valence-corrected chi connectivity index (χ2v) is 6.50. The second-order valence-electron chi connectivity index (χ2n) is 2.56. The van der Waals surface area contributed by atoms with Gasteiger partial charge in [0.2, 0.25) is 5.12 Å². The third-order valence-corrected chi connectivity index (χ3v) is 5.78. The van der Waals surface area contributed by atoms with Crippen molar-refractivity contribution in [1.82, 2.24) is 0 Å². The van der Waals surface area contributed by atoms with Gasteiger partial charge in [-0.2, -0.15) is 11.8 Å². The van der Waals surface area contributed by atoms with E-state index < -0.39 is 0 Å². The Bertz CT molecular complexity index is 185. The van der Waals surface area contributed by atoms with Crippen molar-refractivity contribution in [2.75, 3.05) is 17.3 Å². The number of thioether (sulfide) groups is 3. The summed E-state index contributed by atoms with van der Waals surface area (Å²) in [5.74, 6) is 3.49. The van der Waals surface area contributed by atoms with Gasteiger partial charge in [0.25, 0.3) is 0 Å². The van der Waals surface area contributed by atoms with Crippen LogP contribution in [0.3, 0.4) is 0 Å². The fourth-order valence-corrected chi connectivity index (χ4v) is 4.73. The normalized spacial score (nSPS) is 23.6. The summed E-state index contributed by atoms with van der Waals surface area (Å²) in [4.78, 5) is 11.3. The van der Waals surface area contributed by atoms with E-state index in [4.69, 9.17) is 0 Å². The Balaban J connectivity index is 2.29. The van der Waals surface area contributed by atoms with Crippen LogP contribution in [-0.2, 0) is 4.79 Å². The van der Waals surface area contributed by atoms with Gasteiger partial charge < -0.3 is 0 Å². The average molecular weight is 220 g/mol. The number of carbonyl (C=O) groups is 1. The van der Waals surface area contributed by atoms with E-state index in [1.807, 2.05) is 23.5 Å². The zero-order valence-electron chi connectivity index (χ0n) is 7.04. The van der Waals surface area contributed by atoms with Crippen molar-refractivity contribution < 1.29 is 4.79 Å². The average Bonchev–Trinajstić information content (AvgIpc) is 2.06. The van der Waals surface area contributed by atoms with Crippen molar-refractivity contribution in [3.8, 4) is 0 Å². The van der Waals surface area contributed by atoms with Crippen LogP contribution < -0.4 is 0 Å². The van der Waals surface area contributed by atoms with Crippen LogP contribution >= 0.6 is 35.3 Å². The summed E-state index contributed by atoms with van der Waals surface area (Å²) in [6.45, 7) is 5.41. The molecule has 0 aromatic carbocycles. The Hall–Kier alpha value is 0.460. The Morgan fingerprint density at radius 3 is 2.83 bits per heavy atom. The molecule has 0 bridgehead atoms. The minimum absolute atomic E-state index is 0.148. The maximum absolute atomic E-state index is 11.3. The summed E-state index contributed by atoms with van der Waals surface area (Å²) in [6.07, 6.45) is 0. The minimum Gasteiger partial charge on any atom is -0.282 e. The summed E-state index contributed by atoms with van der Waals surface area (Å²) in [6, 6.07) is 0. The van der Waals surface area contributed by atoms with Crippen LogP contribution in [-0.4, -0.2) is 27.0 Å². The number of hydrogen-bond acceptors (Lipinski definition) is 4. The Kier molecular flexibility index (Phi) is 4.61. The molecule has 12 heavy (non-hydrogen) atoms. The summed E-state index contributed by atoms with van der Waals surface area (Å²) in [5.41, 5.74) is 0.663. The van der Waals surface area contributed by atoms with E-state index in [-0.39, 0.29) is 5.12 Å². The highest BCUT2D eigenvalue weighted by molar-refractivity contribution is 8.26. The monoisotopic (exact) mass is 220 g/mol. The number of carbonyl (C=O) groups excluding carboxylic acids is 1. The molecule has 1 unspecified atom stereocenters. The van der Waals surface area contributed by atoms with Crippen molar-refractivity contribution in [3.63, 3.8) is 0 Å². The molecule has 1 atom stereocenters. The quantitative estimate of drug-likeness (QED) is 0.665. The lowest BCUT2D eigenvalue weighted by atomic mass is 10.4. The molecule has 1 saturated heterocycles. The van der Waals surface area contributed by atoms with E-state index in [9.17, 15) is 4.79 Å². The van der Waals surface area contributed by atoms with Crippen LogP contribution in [0.1, 0.15) is 6.92 Å². The smallest absolute Gasteiger partial charge is 0.215 e. The standard InChI is InChI=1S/C8H12OS3/c1-6(2)8(9)12-7-5-10-3-4-11-7/h7H,1,3-5H2,2H3. The highest BCUT2D eigenvalue weighted by atomic mass is 32.2. The van der Waals surface area contributed by atoms with Crippen LogP contribution in [0, 0.1) is 0 Å². The van der Waals surface area contributed by atoms with Gasteiger partial charge in [-0.25, -0.2) is 0 Å². The van der Waals surface area contributed by atoms with Crippen LogP contribution in [0.5, 0.6) is 0 Å². The molecule has 0 N–H and O–H groups in total. The van der Waals surface area contributed by atoms with E-state index in [1.165, 1.54) is 23.3 Å². The predicted molar refractivity (Wildman–Crippen MR) is 61.0 cm³/mol. The van der Waals surface area contributed by atoms with Gasteiger partial charge in [0.15, 0.2) is 0 Å². The summed E-state index contributed by atoms with van der Waals surface area (Å²) < 4.78 is 0.452. The van der Waals surface area contributed by atoms with Crippen LogP contribution in [0.15, 0.2) is 12.2 Å². The largest absolute Gasteiger partial charge is 0.282 e. The molecule has 4 heteroatoms. The molecule has 0 saturated carbocycles. The van der Waals surface area contributed by atoms with Gasteiger partial charge in [-0.05, 0) is 12.5 Å². The van der Waals surface area contributed by atoms with E-state index in [1.54, 1.807) is 6.92 Å². The Labute approximate surface area is 86.1 Å². The Morgan fingerprint density at radius 2 is 2.33 bits per heavy atom. The zero-order valence-corrected chi connectivity index (χ0v) is 9.49. The van der Waals surface area contributed by atoms with E-state index >= 15 is 0 Å². The molecule has 0 radical (unpaired) electrons. The zero-order chi connectivity index (χ0) is 8.97.